The summed E-state index contributed by atoms with van der Waals surface area (Å²) in [6.07, 6.45) is 0.958. The summed E-state index contributed by atoms with van der Waals surface area (Å²) in [5.41, 5.74) is 10.5. The number of hydrogen-bond acceptors (Lipinski definition) is 3. The van der Waals surface area contributed by atoms with Gasteiger partial charge in [-0.05, 0) is 31.4 Å². The molecule has 21 heavy (non-hydrogen) atoms. The first-order valence-electron chi connectivity index (χ1n) is 7.15. The first-order valence-corrected chi connectivity index (χ1v) is 7.15. The van der Waals surface area contributed by atoms with E-state index in [2.05, 4.69) is 23.4 Å². The quantitative estimate of drug-likeness (QED) is 0.882. The van der Waals surface area contributed by atoms with Crippen molar-refractivity contribution in [2.75, 3.05) is 5.73 Å². The van der Waals surface area contributed by atoms with E-state index >= 15 is 0 Å². The molecule has 1 amide bonds. The van der Waals surface area contributed by atoms with Crippen LogP contribution in [0.5, 0.6) is 0 Å². The summed E-state index contributed by atoms with van der Waals surface area (Å²) in [5.74, 6) is -0.0634. The second kappa shape index (κ2) is 6.43. The van der Waals surface area contributed by atoms with E-state index in [4.69, 9.17) is 5.73 Å². The molecule has 0 radical (unpaired) electrons. The van der Waals surface area contributed by atoms with Crippen molar-refractivity contribution in [3.8, 4) is 0 Å². The molecule has 0 aliphatic rings. The standard InChI is InChI=1S/C16H22N4O/c1-4-13-7-5-6-8-14(13)9-18-15(21)10-20-12(3)16(17)11(2)19-20/h5-8H,4,9-10,17H2,1-3H3,(H,18,21). The van der Waals surface area contributed by atoms with Gasteiger partial charge in [-0.2, -0.15) is 5.10 Å². The maximum Gasteiger partial charge on any atom is 0.242 e. The highest BCUT2D eigenvalue weighted by Gasteiger charge is 2.11. The van der Waals surface area contributed by atoms with Crippen LogP contribution in [0, 0.1) is 13.8 Å². The summed E-state index contributed by atoms with van der Waals surface area (Å²) in [6, 6.07) is 8.13. The van der Waals surface area contributed by atoms with Crippen LogP contribution >= 0.6 is 0 Å². The van der Waals surface area contributed by atoms with Crippen molar-refractivity contribution in [3.05, 3.63) is 46.8 Å². The molecule has 0 spiro atoms. The smallest absolute Gasteiger partial charge is 0.242 e. The van der Waals surface area contributed by atoms with Crippen LogP contribution < -0.4 is 11.1 Å². The van der Waals surface area contributed by atoms with Gasteiger partial charge in [0.05, 0.1) is 17.1 Å². The van der Waals surface area contributed by atoms with Gasteiger partial charge in [0.25, 0.3) is 0 Å². The molecule has 5 nitrogen and oxygen atoms in total. The lowest BCUT2D eigenvalue weighted by molar-refractivity contribution is -0.122. The summed E-state index contributed by atoms with van der Waals surface area (Å²) in [6.45, 7) is 6.55. The van der Waals surface area contributed by atoms with Crippen molar-refractivity contribution in [1.82, 2.24) is 15.1 Å². The third-order valence-electron chi connectivity index (χ3n) is 3.71. The van der Waals surface area contributed by atoms with Crippen LogP contribution in [0.2, 0.25) is 0 Å². The molecule has 0 atom stereocenters. The number of benzene rings is 1. The second-order valence-electron chi connectivity index (χ2n) is 5.14. The van der Waals surface area contributed by atoms with Crippen LogP contribution in [0.4, 0.5) is 5.69 Å². The molecule has 0 aliphatic carbocycles. The molecule has 2 aromatic rings. The van der Waals surface area contributed by atoms with Crippen molar-refractivity contribution < 1.29 is 4.79 Å². The number of nitrogens with one attached hydrogen (secondary N) is 1. The molecule has 2 rings (SSSR count). The zero-order chi connectivity index (χ0) is 15.4. The Kier molecular flexibility index (Phi) is 4.62. The maximum atomic E-state index is 12.0. The monoisotopic (exact) mass is 286 g/mol. The summed E-state index contributed by atoms with van der Waals surface area (Å²) in [5, 5.41) is 7.21. The SMILES string of the molecule is CCc1ccccc1CNC(=O)Cn1nc(C)c(N)c1C. The molecule has 5 heteroatoms. The number of carbonyl (C=O) groups is 1. The molecule has 0 aliphatic heterocycles. The minimum absolute atomic E-state index is 0.0634. The Balaban J connectivity index is 1.97. The molecule has 0 saturated carbocycles. The van der Waals surface area contributed by atoms with Gasteiger partial charge in [0, 0.05) is 6.54 Å². The Bertz CT molecular complexity index is 646. The van der Waals surface area contributed by atoms with Crippen molar-refractivity contribution >= 4 is 11.6 Å². The summed E-state index contributed by atoms with van der Waals surface area (Å²) in [7, 11) is 0. The third kappa shape index (κ3) is 3.42. The zero-order valence-electron chi connectivity index (χ0n) is 12.8. The maximum absolute atomic E-state index is 12.0. The summed E-state index contributed by atoms with van der Waals surface area (Å²) < 4.78 is 1.64. The number of nitrogens with two attached hydrogens (primary N) is 1. The van der Waals surface area contributed by atoms with Gasteiger partial charge in [0.15, 0.2) is 0 Å². The molecule has 112 valence electrons. The lowest BCUT2D eigenvalue weighted by Crippen LogP contribution is -2.28. The predicted octanol–water partition coefficient (Wildman–Crippen LogP) is 1.96. The fraction of sp³-hybridized carbons (Fsp3) is 0.375. The number of carbonyl (C=O) groups excluding carboxylic acids is 1. The third-order valence-corrected chi connectivity index (χ3v) is 3.71. The zero-order valence-corrected chi connectivity index (χ0v) is 12.8. The highest BCUT2D eigenvalue weighted by atomic mass is 16.2. The van der Waals surface area contributed by atoms with E-state index in [0.717, 1.165) is 23.4 Å². The molecule has 0 saturated heterocycles. The molecule has 1 heterocycles. The van der Waals surface area contributed by atoms with Gasteiger partial charge in [-0.25, -0.2) is 0 Å². The van der Waals surface area contributed by atoms with E-state index < -0.39 is 0 Å². The largest absolute Gasteiger partial charge is 0.396 e. The Morgan fingerprint density at radius 1 is 1.29 bits per heavy atom. The van der Waals surface area contributed by atoms with Gasteiger partial charge in [-0.15, -0.1) is 0 Å². The van der Waals surface area contributed by atoms with Crippen LogP contribution in [-0.2, 0) is 24.3 Å². The second-order valence-corrected chi connectivity index (χ2v) is 5.14. The number of hydrogen-bond donors (Lipinski definition) is 2. The molecule has 0 fully saturated rings. The van der Waals surface area contributed by atoms with Crippen LogP contribution in [0.25, 0.3) is 0 Å². The molecular weight excluding hydrogens is 264 g/mol. The van der Waals surface area contributed by atoms with Gasteiger partial charge < -0.3 is 11.1 Å². The van der Waals surface area contributed by atoms with E-state index in [9.17, 15) is 4.79 Å². The molecule has 3 N–H and O–H groups in total. The van der Waals surface area contributed by atoms with E-state index in [1.807, 2.05) is 32.0 Å². The van der Waals surface area contributed by atoms with Gasteiger partial charge in [0.1, 0.15) is 6.54 Å². The highest BCUT2D eigenvalue weighted by Crippen LogP contribution is 2.14. The Morgan fingerprint density at radius 3 is 2.52 bits per heavy atom. The number of amides is 1. The predicted molar refractivity (Wildman–Crippen MR) is 83.8 cm³/mol. The summed E-state index contributed by atoms with van der Waals surface area (Å²) >= 11 is 0. The Labute approximate surface area is 125 Å². The van der Waals surface area contributed by atoms with Gasteiger partial charge in [0.2, 0.25) is 5.91 Å². The molecule has 1 aromatic heterocycles. The lowest BCUT2D eigenvalue weighted by atomic mass is 10.1. The van der Waals surface area contributed by atoms with Gasteiger partial charge in [-0.1, -0.05) is 31.2 Å². The Morgan fingerprint density at radius 2 is 1.95 bits per heavy atom. The minimum Gasteiger partial charge on any atom is -0.396 e. The van der Waals surface area contributed by atoms with Crippen LogP contribution in [0.15, 0.2) is 24.3 Å². The van der Waals surface area contributed by atoms with E-state index in [1.54, 1.807) is 4.68 Å². The topological polar surface area (TPSA) is 72.9 Å². The number of nitrogens with zero attached hydrogens (tertiary/aromatic N) is 2. The van der Waals surface area contributed by atoms with Crippen molar-refractivity contribution in [3.63, 3.8) is 0 Å². The number of aryl methyl sites for hydroxylation is 2. The van der Waals surface area contributed by atoms with Crippen molar-refractivity contribution in [1.29, 1.82) is 0 Å². The number of anilines is 1. The van der Waals surface area contributed by atoms with Crippen LogP contribution in [0.1, 0.15) is 29.4 Å². The van der Waals surface area contributed by atoms with Crippen LogP contribution in [-0.4, -0.2) is 15.7 Å². The fourth-order valence-electron chi connectivity index (χ4n) is 2.33. The summed E-state index contributed by atoms with van der Waals surface area (Å²) in [4.78, 5) is 12.0. The molecule has 0 bridgehead atoms. The molecule has 0 unspecified atom stereocenters. The van der Waals surface area contributed by atoms with Crippen molar-refractivity contribution in [2.24, 2.45) is 0 Å². The first kappa shape index (κ1) is 15.1. The van der Waals surface area contributed by atoms with Crippen LogP contribution in [0.3, 0.4) is 0 Å². The average Bonchev–Trinajstić information content (AvgIpc) is 2.72. The number of aromatic nitrogens is 2. The van der Waals surface area contributed by atoms with Gasteiger partial charge in [-0.3, -0.25) is 9.48 Å². The number of nitrogen functional groups attached to an aromatic ring is 1. The lowest BCUT2D eigenvalue weighted by Gasteiger charge is -2.10. The van der Waals surface area contributed by atoms with Gasteiger partial charge >= 0.3 is 0 Å². The minimum atomic E-state index is -0.0634. The molecular formula is C16H22N4O. The van der Waals surface area contributed by atoms with E-state index in [0.29, 0.717) is 12.2 Å². The van der Waals surface area contributed by atoms with Crippen molar-refractivity contribution in [2.45, 2.75) is 40.3 Å². The fourth-order valence-corrected chi connectivity index (χ4v) is 2.33. The normalized spacial score (nSPS) is 10.6. The Hall–Kier alpha value is -2.30. The number of rotatable bonds is 5. The first-order chi connectivity index (χ1) is 10.0. The highest BCUT2D eigenvalue weighted by molar-refractivity contribution is 5.76. The van der Waals surface area contributed by atoms with E-state index in [-0.39, 0.29) is 12.5 Å². The average molecular weight is 286 g/mol. The molecule has 1 aromatic carbocycles. The van der Waals surface area contributed by atoms with E-state index in [1.165, 1.54) is 5.56 Å².